The van der Waals surface area contributed by atoms with Gasteiger partial charge < -0.3 is 10.6 Å². The SMILES string of the molecule is C[C@H](NC(=O)C1CCC(CNS(=O)(=O)c2ccc(F)cc2)CC1)C(=O)NCc1cccnc1. The van der Waals surface area contributed by atoms with E-state index in [0.717, 1.165) is 17.7 Å². The average Bonchev–Trinajstić information content (AvgIpc) is 2.82. The number of nitrogens with one attached hydrogen (secondary N) is 3. The summed E-state index contributed by atoms with van der Waals surface area (Å²) in [5.74, 6) is -1.01. The van der Waals surface area contributed by atoms with E-state index in [4.69, 9.17) is 0 Å². The van der Waals surface area contributed by atoms with Crippen LogP contribution in [-0.4, -0.2) is 37.8 Å². The van der Waals surface area contributed by atoms with Crippen LogP contribution in [0.3, 0.4) is 0 Å². The van der Waals surface area contributed by atoms with Gasteiger partial charge in [0, 0.05) is 31.4 Å². The van der Waals surface area contributed by atoms with Crippen LogP contribution in [0.4, 0.5) is 4.39 Å². The van der Waals surface area contributed by atoms with Gasteiger partial charge in [-0.05, 0) is 74.4 Å². The summed E-state index contributed by atoms with van der Waals surface area (Å²) in [7, 11) is -3.70. The predicted molar refractivity (Wildman–Crippen MR) is 121 cm³/mol. The number of sulfonamides is 1. The molecule has 33 heavy (non-hydrogen) atoms. The fraction of sp³-hybridized carbons (Fsp3) is 0.435. The van der Waals surface area contributed by atoms with Crippen molar-refractivity contribution in [1.82, 2.24) is 20.3 Å². The molecule has 0 radical (unpaired) electrons. The number of carbonyl (C=O) groups is 2. The Morgan fingerprint density at radius 2 is 1.82 bits per heavy atom. The lowest BCUT2D eigenvalue weighted by molar-refractivity contribution is -0.131. The molecule has 10 heteroatoms. The second-order valence-corrected chi connectivity index (χ2v) is 10.1. The van der Waals surface area contributed by atoms with Crippen LogP contribution in [0.15, 0.2) is 53.7 Å². The van der Waals surface area contributed by atoms with Gasteiger partial charge in [-0.25, -0.2) is 17.5 Å². The quantitative estimate of drug-likeness (QED) is 0.513. The van der Waals surface area contributed by atoms with Crippen molar-refractivity contribution in [2.24, 2.45) is 11.8 Å². The molecule has 2 aromatic rings. The highest BCUT2D eigenvalue weighted by Gasteiger charge is 2.29. The Hall–Kier alpha value is -2.85. The number of nitrogens with zero attached hydrogens (tertiary/aromatic N) is 1. The summed E-state index contributed by atoms with van der Waals surface area (Å²) in [6.07, 6.45) is 5.97. The van der Waals surface area contributed by atoms with E-state index in [1.165, 1.54) is 12.1 Å². The lowest BCUT2D eigenvalue weighted by Gasteiger charge is -2.28. The normalized spacial score (nSPS) is 19.5. The highest BCUT2D eigenvalue weighted by atomic mass is 32.2. The van der Waals surface area contributed by atoms with Crippen LogP contribution in [0.2, 0.25) is 0 Å². The van der Waals surface area contributed by atoms with Crippen molar-refractivity contribution in [2.75, 3.05) is 6.54 Å². The standard InChI is InChI=1S/C23H29FN4O4S/c1-16(22(29)26-14-18-3-2-12-25-13-18)28-23(30)19-6-4-17(5-7-19)15-27-33(31,32)21-10-8-20(24)9-11-21/h2-3,8-13,16-17,19,27H,4-7,14-15H2,1H3,(H,26,29)(H,28,30)/t16-,17?,19?/m0/s1. The molecule has 1 aliphatic rings. The number of pyridine rings is 1. The van der Waals surface area contributed by atoms with Crippen LogP contribution >= 0.6 is 0 Å². The summed E-state index contributed by atoms with van der Waals surface area (Å²) in [6.45, 7) is 2.25. The van der Waals surface area contributed by atoms with Crippen LogP contribution in [0.1, 0.15) is 38.2 Å². The molecule has 0 saturated heterocycles. The Bertz CT molecular complexity index is 1040. The Labute approximate surface area is 193 Å². The van der Waals surface area contributed by atoms with Crippen molar-refractivity contribution in [1.29, 1.82) is 0 Å². The summed E-state index contributed by atoms with van der Waals surface area (Å²) in [5, 5.41) is 5.56. The Morgan fingerprint density at radius 1 is 1.12 bits per heavy atom. The molecular formula is C23H29FN4O4S. The number of benzene rings is 1. The average molecular weight is 477 g/mol. The van der Waals surface area contributed by atoms with Crippen LogP contribution in [0, 0.1) is 17.7 Å². The number of aromatic nitrogens is 1. The highest BCUT2D eigenvalue weighted by Crippen LogP contribution is 2.29. The van der Waals surface area contributed by atoms with Crippen molar-refractivity contribution >= 4 is 21.8 Å². The van der Waals surface area contributed by atoms with E-state index in [1.54, 1.807) is 25.4 Å². The molecule has 1 fully saturated rings. The third-order valence-corrected chi connectivity index (χ3v) is 7.28. The molecule has 3 rings (SSSR count). The monoisotopic (exact) mass is 476 g/mol. The fourth-order valence-electron chi connectivity index (χ4n) is 3.80. The molecular weight excluding hydrogens is 447 g/mol. The van der Waals surface area contributed by atoms with Crippen molar-refractivity contribution in [3.05, 3.63) is 60.2 Å². The molecule has 2 amide bonds. The molecule has 0 aliphatic heterocycles. The van der Waals surface area contributed by atoms with E-state index < -0.39 is 21.9 Å². The van der Waals surface area contributed by atoms with Gasteiger partial charge in [0.15, 0.2) is 0 Å². The number of amides is 2. The van der Waals surface area contributed by atoms with Gasteiger partial charge in [0.1, 0.15) is 11.9 Å². The smallest absolute Gasteiger partial charge is 0.242 e. The van der Waals surface area contributed by atoms with Gasteiger partial charge in [-0.2, -0.15) is 0 Å². The number of hydrogen-bond donors (Lipinski definition) is 3. The van der Waals surface area contributed by atoms with Gasteiger partial charge in [-0.1, -0.05) is 6.07 Å². The zero-order valence-corrected chi connectivity index (χ0v) is 19.3. The van der Waals surface area contributed by atoms with Crippen LogP contribution < -0.4 is 15.4 Å². The van der Waals surface area contributed by atoms with E-state index in [-0.39, 0.29) is 35.1 Å². The van der Waals surface area contributed by atoms with Crippen molar-refractivity contribution < 1.29 is 22.4 Å². The van der Waals surface area contributed by atoms with Gasteiger partial charge in [0.25, 0.3) is 0 Å². The second kappa shape index (κ2) is 11.3. The largest absolute Gasteiger partial charge is 0.350 e. The minimum Gasteiger partial charge on any atom is -0.350 e. The maximum Gasteiger partial charge on any atom is 0.242 e. The molecule has 178 valence electrons. The molecule has 0 spiro atoms. The number of rotatable bonds is 9. The molecule has 8 nitrogen and oxygen atoms in total. The van der Waals surface area contributed by atoms with Gasteiger partial charge in [-0.3, -0.25) is 14.6 Å². The van der Waals surface area contributed by atoms with E-state index in [0.29, 0.717) is 32.2 Å². The molecule has 1 heterocycles. The lowest BCUT2D eigenvalue weighted by atomic mass is 9.81. The third kappa shape index (κ3) is 7.33. The summed E-state index contributed by atoms with van der Waals surface area (Å²) in [4.78, 5) is 28.9. The maximum absolute atomic E-state index is 13.0. The van der Waals surface area contributed by atoms with Gasteiger partial charge in [0.2, 0.25) is 21.8 Å². The topological polar surface area (TPSA) is 117 Å². The van der Waals surface area contributed by atoms with E-state index in [1.807, 2.05) is 6.07 Å². The van der Waals surface area contributed by atoms with E-state index >= 15 is 0 Å². The Kier molecular flexibility index (Phi) is 8.51. The fourth-order valence-corrected chi connectivity index (χ4v) is 4.91. The second-order valence-electron chi connectivity index (χ2n) is 8.33. The summed E-state index contributed by atoms with van der Waals surface area (Å²) < 4.78 is 40.3. The van der Waals surface area contributed by atoms with Gasteiger partial charge in [-0.15, -0.1) is 0 Å². The zero-order valence-electron chi connectivity index (χ0n) is 18.5. The number of hydrogen-bond acceptors (Lipinski definition) is 5. The third-order valence-electron chi connectivity index (χ3n) is 5.85. The van der Waals surface area contributed by atoms with Crippen molar-refractivity contribution in [2.45, 2.75) is 50.1 Å². The summed E-state index contributed by atoms with van der Waals surface area (Å²) >= 11 is 0. The minimum absolute atomic E-state index is 0.0211. The minimum atomic E-state index is -3.70. The van der Waals surface area contributed by atoms with Gasteiger partial charge >= 0.3 is 0 Å². The molecule has 0 unspecified atom stereocenters. The summed E-state index contributed by atoms with van der Waals surface area (Å²) in [6, 6.07) is 7.66. The Balaban J connectivity index is 1.39. The first kappa shape index (κ1) is 24.8. The first-order valence-corrected chi connectivity index (χ1v) is 12.4. The molecule has 1 aliphatic carbocycles. The molecule has 1 aromatic carbocycles. The number of carbonyl (C=O) groups excluding carboxylic acids is 2. The molecule has 1 aromatic heterocycles. The first-order valence-electron chi connectivity index (χ1n) is 11.0. The first-order chi connectivity index (χ1) is 15.7. The van der Waals surface area contributed by atoms with Crippen LogP contribution in [-0.2, 0) is 26.2 Å². The zero-order chi connectivity index (χ0) is 23.8. The molecule has 0 bridgehead atoms. The van der Waals surface area contributed by atoms with Crippen molar-refractivity contribution in [3.8, 4) is 0 Å². The van der Waals surface area contributed by atoms with Gasteiger partial charge in [0.05, 0.1) is 4.90 Å². The number of halogens is 1. The predicted octanol–water partition coefficient (Wildman–Crippen LogP) is 2.13. The maximum atomic E-state index is 13.0. The van der Waals surface area contributed by atoms with Crippen LogP contribution in [0.25, 0.3) is 0 Å². The Morgan fingerprint density at radius 3 is 2.45 bits per heavy atom. The van der Waals surface area contributed by atoms with Crippen LogP contribution in [0.5, 0.6) is 0 Å². The molecule has 1 atom stereocenters. The highest BCUT2D eigenvalue weighted by molar-refractivity contribution is 7.89. The van der Waals surface area contributed by atoms with Crippen molar-refractivity contribution in [3.63, 3.8) is 0 Å². The lowest BCUT2D eigenvalue weighted by Crippen LogP contribution is -2.47. The molecule has 3 N–H and O–H groups in total. The molecule has 1 saturated carbocycles. The summed E-state index contributed by atoms with van der Waals surface area (Å²) in [5.41, 5.74) is 0.873. The van der Waals surface area contributed by atoms with E-state index in [9.17, 15) is 22.4 Å². The van der Waals surface area contributed by atoms with E-state index in [2.05, 4.69) is 20.3 Å².